The van der Waals surface area contributed by atoms with Crippen molar-refractivity contribution in [3.8, 4) is 11.5 Å². The van der Waals surface area contributed by atoms with E-state index in [0.717, 1.165) is 16.8 Å². The fraction of sp³-hybridized carbons (Fsp3) is 0.158. The van der Waals surface area contributed by atoms with E-state index in [1.54, 1.807) is 0 Å². The van der Waals surface area contributed by atoms with Crippen molar-refractivity contribution in [2.75, 3.05) is 20.3 Å². The van der Waals surface area contributed by atoms with Gasteiger partial charge in [0.2, 0.25) is 10.0 Å². The van der Waals surface area contributed by atoms with Gasteiger partial charge in [-0.2, -0.15) is 0 Å². The zero-order valence-electron chi connectivity index (χ0n) is 14.1. The molecule has 3 aromatic rings. The van der Waals surface area contributed by atoms with Gasteiger partial charge in [0, 0.05) is 6.54 Å². The molecule has 0 aliphatic rings. The van der Waals surface area contributed by atoms with E-state index in [1.165, 1.54) is 19.2 Å². The molecule has 7 heteroatoms. The highest BCUT2D eigenvalue weighted by Gasteiger charge is 2.16. The molecule has 0 atom stereocenters. The van der Waals surface area contributed by atoms with Gasteiger partial charge in [0.05, 0.1) is 12.0 Å². The molecule has 0 radical (unpaired) electrons. The molecule has 136 valence electrons. The van der Waals surface area contributed by atoms with E-state index in [2.05, 4.69) is 4.72 Å². The summed E-state index contributed by atoms with van der Waals surface area (Å²) < 4.78 is 50.8. The third-order valence-electron chi connectivity index (χ3n) is 3.82. The van der Waals surface area contributed by atoms with Gasteiger partial charge in [0.25, 0.3) is 0 Å². The van der Waals surface area contributed by atoms with E-state index in [0.29, 0.717) is 5.75 Å². The summed E-state index contributed by atoms with van der Waals surface area (Å²) in [6.07, 6.45) is 0. The van der Waals surface area contributed by atoms with E-state index in [1.807, 2.05) is 42.5 Å². The molecule has 0 saturated heterocycles. The van der Waals surface area contributed by atoms with Crippen LogP contribution in [0.15, 0.2) is 65.6 Å². The summed E-state index contributed by atoms with van der Waals surface area (Å²) in [5, 5.41) is 2.14. The van der Waals surface area contributed by atoms with Gasteiger partial charge in [-0.25, -0.2) is 17.5 Å². The number of hydrogen-bond donors (Lipinski definition) is 1. The monoisotopic (exact) mass is 375 g/mol. The molecule has 0 heterocycles. The Kier molecular flexibility index (Phi) is 5.39. The van der Waals surface area contributed by atoms with Gasteiger partial charge in [0.1, 0.15) is 12.4 Å². The van der Waals surface area contributed by atoms with Crippen LogP contribution in [0.2, 0.25) is 0 Å². The Morgan fingerprint density at radius 2 is 1.77 bits per heavy atom. The molecule has 3 rings (SSSR count). The second-order valence-electron chi connectivity index (χ2n) is 5.55. The molecule has 3 aromatic carbocycles. The Morgan fingerprint density at radius 3 is 2.50 bits per heavy atom. The Bertz CT molecular complexity index is 1020. The maximum absolute atomic E-state index is 13.7. The van der Waals surface area contributed by atoms with E-state index in [4.69, 9.17) is 9.47 Å². The lowest BCUT2D eigenvalue weighted by Crippen LogP contribution is -2.28. The van der Waals surface area contributed by atoms with Gasteiger partial charge in [-0.05, 0) is 41.1 Å². The molecule has 0 bridgehead atoms. The molecule has 0 unspecified atom stereocenters. The van der Waals surface area contributed by atoms with Crippen molar-refractivity contribution >= 4 is 20.8 Å². The van der Waals surface area contributed by atoms with Crippen LogP contribution in [-0.4, -0.2) is 28.7 Å². The van der Waals surface area contributed by atoms with Crippen molar-refractivity contribution in [2.45, 2.75) is 4.90 Å². The average Bonchev–Trinajstić information content (AvgIpc) is 2.65. The van der Waals surface area contributed by atoms with Crippen LogP contribution in [0.25, 0.3) is 10.8 Å². The summed E-state index contributed by atoms with van der Waals surface area (Å²) in [6.45, 7) is 0.207. The first-order valence-electron chi connectivity index (χ1n) is 7.94. The van der Waals surface area contributed by atoms with Crippen molar-refractivity contribution in [1.29, 1.82) is 0 Å². The number of nitrogens with one attached hydrogen (secondary N) is 1. The largest absolute Gasteiger partial charge is 0.494 e. The highest BCUT2D eigenvalue weighted by molar-refractivity contribution is 7.89. The van der Waals surface area contributed by atoms with Crippen LogP contribution in [-0.2, 0) is 10.0 Å². The van der Waals surface area contributed by atoms with Gasteiger partial charge in [-0.1, -0.05) is 30.3 Å². The van der Waals surface area contributed by atoms with Gasteiger partial charge in [-0.3, -0.25) is 0 Å². The maximum atomic E-state index is 13.7. The number of halogens is 1. The van der Waals surface area contributed by atoms with Crippen LogP contribution in [0.5, 0.6) is 11.5 Å². The first-order chi connectivity index (χ1) is 12.5. The smallest absolute Gasteiger partial charge is 0.240 e. The lowest BCUT2D eigenvalue weighted by Gasteiger charge is -2.10. The summed E-state index contributed by atoms with van der Waals surface area (Å²) in [5.74, 6) is -0.0928. The van der Waals surface area contributed by atoms with Gasteiger partial charge in [0.15, 0.2) is 11.6 Å². The van der Waals surface area contributed by atoms with Crippen molar-refractivity contribution in [3.63, 3.8) is 0 Å². The standard InChI is InChI=1S/C19H18FNO4S/c1-24-19-9-8-17(13-18(19)20)26(22,23)21-10-11-25-16-7-6-14-4-2-3-5-15(14)12-16/h2-9,12-13,21H,10-11H2,1H3. The number of methoxy groups -OCH3 is 1. The molecule has 0 aliphatic carbocycles. The average molecular weight is 375 g/mol. The first kappa shape index (κ1) is 18.2. The van der Waals surface area contributed by atoms with Crippen LogP contribution in [0.1, 0.15) is 0 Å². The van der Waals surface area contributed by atoms with E-state index < -0.39 is 15.8 Å². The van der Waals surface area contributed by atoms with Gasteiger partial charge >= 0.3 is 0 Å². The second-order valence-corrected chi connectivity index (χ2v) is 7.32. The van der Waals surface area contributed by atoms with Crippen molar-refractivity contribution < 1.29 is 22.3 Å². The zero-order valence-corrected chi connectivity index (χ0v) is 14.9. The van der Waals surface area contributed by atoms with Crippen LogP contribution >= 0.6 is 0 Å². The molecule has 0 amide bonds. The number of rotatable bonds is 7. The number of hydrogen-bond acceptors (Lipinski definition) is 4. The Hall–Kier alpha value is -2.64. The molecular weight excluding hydrogens is 357 g/mol. The summed E-state index contributed by atoms with van der Waals surface area (Å²) >= 11 is 0. The number of benzene rings is 3. The SMILES string of the molecule is COc1ccc(S(=O)(=O)NCCOc2ccc3ccccc3c2)cc1F. The predicted octanol–water partition coefficient (Wildman–Crippen LogP) is 3.34. The van der Waals surface area contributed by atoms with Crippen molar-refractivity contribution in [3.05, 3.63) is 66.5 Å². The third kappa shape index (κ3) is 4.12. The van der Waals surface area contributed by atoms with Gasteiger partial charge in [-0.15, -0.1) is 0 Å². The molecule has 0 aromatic heterocycles. The number of fused-ring (bicyclic) bond motifs is 1. The summed E-state index contributed by atoms with van der Waals surface area (Å²) in [7, 11) is -2.51. The topological polar surface area (TPSA) is 64.6 Å². The lowest BCUT2D eigenvalue weighted by atomic mass is 10.1. The highest BCUT2D eigenvalue weighted by atomic mass is 32.2. The molecule has 0 fully saturated rings. The third-order valence-corrected chi connectivity index (χ3v) is 5.28. The molecule has 1 N–H and O–H groups in total. The van der Waals surface area contributed by atoms with E-state index in [9.17, 15) is 12.8 Å². The number of sulfonamides is 1. The minimum Gasteiger partial charge on any atom is -0.494 e. The van der Waals surface area contributed by atoms with Crippen LogP contribution in [0.3, 0.4) is 0 Å². The summed E-state index contributed by atoms with van der Waals surface area (Å²) in [5.41, 5.74) is 0. The summed E-state index contributed by atoms with van der Waals surface area (Å²) in [6, 6.07) is 17.0. The minimum atomic E-state index is -3.82. The number of ether oxygens (including phenoxy) is 2. The summed E-state index contributed by atoms with van der Waals surface area (Å²) in [4.78, 5) is -0.165. The molecule has 5 nitrogen and oxygen atoms in total. The molecule has 0 aliphatic heterocycles. The molecule has 0 saturated carbocycles. The fourth-order valence-corrected chi connectivity index (χ4v) is 3.52. The highest BCUT2D eigenvalue weighted by Crippen LogP contribution is 2.21. The fourth-order valence-electron chi connectivity index (χ4n) is 2.50. The Labute approximate surface area is 151 Å². The van der Waals surface area contributed by atoms with Crippen molar-refractivity contribution in [2.24, 2.45) is 0 Å². The first-order valence-corrected chi connectivity index (χ1v) is 9.43. The molecule has 26 heavy (non-hydrogen) atoms. The maximum Gasteiger partial charge on any atom is 0.240 e. The molecular formula is C19H18FNO4S. The van der Waals surface area contributed by atoms with Crippen LogP contribution in [0.4, 0.5) is 4.39 Å². The predicted molar refractivity (Wildman–Crippen MR) is 97.6 cm³/mol. The van der Waals surface area contributed by atoms with Crippen LogP contribution in [0, 0.1) is 5.82 Å². The normalized spacial score (nSPS) is 11.5. The van der Waals surface area contributed by atoms with E-state index in [-0.39, 0.29) is 23.8 Å². The Morgan fingerprint density at radius 1 is 1.00 bits per heavy atom. The molecule has 0 spiro atoms. The van der Waals surface area contributed by atoms with Gasteiger partial charge < -0.3 is 9.47 Å². The quantitative estimate of drug-likeness (QED) is 0.643. The second kappa shape index (κ2) is 7.72. The van der Waals surface area contributed by atoms with Crippen LogP contribution < -0.4 is 14.2 Å². The zero-order chi connectivity index (χ0) is 18.6. The van der Waals surface area contributed by atoms with Crippen molar-refractivity contribution in [1.82, 2.24) is 4.72 Å². The minimum absolute atomic E-state index is 0.0106. The lowest BCUT2D eigenvalue weighted by molar-refractivity contribution is 0.323. The Balaban J connectivity index is 1.58. The van der Waals surface area contributed by atoms with E-state index >= 15 is 0 Å².